The Labute approximate surface area is 309 Å². The van der Waals surface area contributed by atoms with Gasteiger partial charge in [-0.15, -0.1) is 17.0 Å². The van der Waals surface area contributed by atoms with Crippen LogP contribution in [-0.2, 0) is 25.7 Å². The van der Waals surface area contributed by atoms with Crippen molar-refractivity contribution in [3.63, 3.8) is 0 Å². The number of methoxy groups -OCH3 is 1. The molecular formula is C25H29BrCl4N15O3P. The number of aromatic amines is 1. The van der Waals surface area contributed by atoms with Crippen molar-refractivity contribution in [3.8, 4) is 5.88 Å². The van der Waals surface area contributed by atoms with E-state index in [0.29, 0.717) is 28.9 Å². The van der Waals surface area contributed by atoms with Crippen LogP contribution in [0, 0.1) is 0 Å². The number of halogens is 5. The predicted octanol–water partition coefficient (Wildman–Crippen LogP) is 6.21. The Morgan fingerprint density at radius 1 is 0.735 bits per heavy atom. The van der Waals surface area contributed by atoms with Crippen LogP contribution < -0.4 is 26.2 Å². The Morgan fingerprint density at radius 3 is 1.61 bits per heavy atom. The zero-order valence-electron chi connectivity index (χ0n) is 25.9. The van der Waals surface area contributed by atoms with Crippen molar-refractivity contribution in [1.82, 2.24) is 59.2 Å². The number of aryl methyl sites for hydroxylation is 3. The van der Waals surface area contributed by atoms with Crippen LogP contribution in [0.2, 0.25) is 5.15 Å². The lowest BCUT2D eigenvalue weighted by Crippen LogP contribution is -2.07. The maximum Gasteiger partial charge on any atom is 0.339 e. The molecule has 0 aromatic carbocycles. The highest BCUT2D eigenvalue weighted by molar-refractivity contribution is 8.93. The summed E-state index contributed by atoms with van der Waals surface area (Å²) in [6.45, 7) is 0. The Kier molecular flexibility index (Phi) is 16.9. The van der Waals surface area contributed by atoms with Crippen molar-refractivity contribution in [1.29, 1.82) is 0 Å². The molecule has 6 heterocycles. The van der Waals surface area contributed by atoms with Gasteiger partial charge in [0.15, 0.2) is 0 Å². The lowest BCUT2D eigenvalue weighted by Gasteiger charge is -2.02. The molecule has 0 saturated heterocycles. The van der Waals surface area contributed by atoms with Crippen molar-refractivity contribution in [2.24, 2.45) is 21.1 Å². The zero-order valence-corrected chi connectivity index (χ0v) is 31.6. The molecule has 0 atom stereocenters. The third kappa shape index (κ3) is 17.1. The summed E-state index contributed by atoms with van der Waals surface area (Å²) < 4.78 is 19.5. The van der Waals surface area contributed by atoms with Gasteiger partial charge in [-0.1, -0.05) is 11.6 Å². The first-order chi connectivity index (χ1) is 22.7. The van der Waals surface area contributed by atoms with E-state index in [0.717, 1.165) is 17.1 Å². The summed E-state index contributed by atoms with van der Waals surface area (Å²) in [5, 5.41) is 18.1. The third-order valence-corrected chi connectivity index (χ3v) is 5.23. The van der Waals surface area contributed by atoms with Gasteiger partial charge in [-0.25, -0.2) is 19.9 Å². The van der Waals surface area contributed by atoms with Gasteiger partial charge >= 0.3 is 5.20 Å². The smallest absolute Gasteiger partial charge is 0.339 e. The largest absolute Gasteiger partial charge is 0.481 e. The Balaban J connectivity index is 0.000000236. The monoisotopic (exact) mass is 837 g/mol. The van der Waals surface area contributed by atoms with E-state index in [1.165, 1.54) is 12.3 Å². The summed E-state index contributed by atoms with van der Waals surface area (Å²) in [7, 11) is 7.06. The van der Waals surface area contributed by atoms with Gasteiger partial charge in [0.05, 0.1) is 42.8 Å². The lowest BCUT2D eigenvalue weighted by molar-refractivity contribution is 0.397. The SMILES string of the molecule is Br.COc1ccnc(Nc2cnn(C)c2)n1.Cn1cc(Nc2nccc(=O)[nH]2)cn1.Cn1cc(Nc2nccc(Cl)n2)cn1.O=P(Cl)(Cl)Cl. The average Bonchev–Trinajstić information content (AvgIpc) is 3.74. The van der Waals surface area contributed by atoms with E-state index in [-0.39, 0.29) is 22.5 Å². The molecule has 0 saturated carbocycles. The summed E-state index contributed by atoms with van der Waals surface area (Å²) in [6.07, 6.45) is 15.1. The minimum atomic E-state index is -3.22. The van der Waals surface area contributed by atoms with Gasteiger partial charge in [-0.3, -0.25) is 28.4 Å². The number of hydrogen-bond acceptors (Lipinski definition) is 14. The number of H-pyrrole nitrogens is 1. The van der Waals surface area contributed by atoms with Crippen LogP contribution in [0.1, 0.15) is 0 Å². The van der Waals surface area contributed by atoms with Crippen LogP contribution in [0.3, 0.4) is 0 Å². The molecule has 0 unspecified atom stereocenters. The van der Waals surface area contributed by atoms with Gasteiger partial charge in [0.25, 0.3) is 5.56 Å². The molecule has 24 heteroatoms. The summed E-state index contributed by atoms with van der Waals surface area (Å²) in [5.41, 5.74) is 2.26. The van der Waals surface area contributed by atoms with E-state index in [1.807, 2.05) is 33.5 Å². The summed E-state index contributed by atoms with van der Waals surface area (Å²) in [5.74, 6) is 1.88. The maximum atomic E-state index is 10.9. The number of nitrogens with zero attached hydrogens (tertiary/aromatic N) is 11. The highest BCUT2D eigenvalue weighted by atomic mass is 79.9. The molecule has 6 aromatic rings. The minimum absolute atomic E-state index is 0. The van der Waals surface area contributed by atoms with E-state index < -0.39 is 5.20 Å². The lowest BCUT2D eigenvalue weighted by atomic mass is 10.5. The van der Waals surface area contributed by atoms with E-state index in [9.17, 15) is 9.36 Å². The highest BCUT2D eigenvalue weighted by Crippen LogP contribution is 2.61. The molecule has 0 amide bonds. The van der Waals surface area contributed by atoms with E-state index in [1.54, 1.807) is 70.5 Å². The molecule has 49 heavy (non-hydrogen) atoms. The van der Waals surface area contributed by atoms with Gasteiger partial charge < -0.3 is 20.7 Å². The fourth-order valence-corrected chi connectivity index (χ4v) is 3.34. The van der Waals surface area contributed by atoms with Crippen molar-refractivity contribution >= 4 is 102 Å². The summed E-state index contributed by atoms with van der Waals surface area (Å²) in [6, 6.07) is 4.67. The number of anilines is 6. The molecule has 0 bridgehead atoms. The normalized spacial score (nSPS) is 10.0. The quantitative estimate of drug-likeness (QED) is 0.104. The topological polar surface area (TPSA) is 213 Å². The van der Waals surface area contributed by atoms with Crippen LogP contribution in [0.4, 0.5) is 34.9 Å². The van der Waals surface area contributed by atoms with Gasteiger partial charge in [0, 0.05) is 70.5 Å². The van der Waals surface area contributed by atoms with Crippen molar-refractivity contribution < 1.29 is 9.30 Å². The molecule has 0 aliphatic carbocycles. The standard InChI is InChI=1S/C9H11N5O.C8H8ClN5.C8H9N5O.BrH.Cl3OP/c1-14-6-7(5-11-14)12-9-10-4-3-8(13-9)15-2;1-14-5-6(4-11-14)12-8-10-3-2-7(9)13-8;1-13-5-6(4-10-13)11-8-9-3-2-7(14)12-8;;1-5(2,3)4/h3-6H,1-2H3,(H,10,12,13);2-5H,1H3,(H,10,12,13);2-5H,1H3,(H2,9,11,12,14);1H;. The molecule has 0 aliphatic rings. The van der Waals surface area contributed by atoms with E-state index in [4.69, 9.17) is 16.3 Å². The maximum absolute atomic E-state index is 10.9. The minimum Gasteiger partial charge on any atom is -0.481 e. The fraction of sp³-hybridized carbons (Fsp3) is 0.160. The van der Waals surface area contributed by atoms with Crippen LogP contribution in [0.5, 0.6) is 5.88 Å². The molecule has 6 rings (SSSR count). The second-order valence-electron chi connectivity index (χ2n) is 8.89. The number of ether oxygens (including phenoxy) is 1. The molecular weight excluding hydrogens is 811 g/mol. The Bertz CT molecular complexity index is 1980. The highest BCUT2D eigenvalue weighted by Gasteiger charge is 2.03. The van der Waals surface area contributed by atoms with Gasteiger partial charge in [0.2, 0.25) is 23.7 Å². The molecule has 262 valence electrons. The van der Waals surface area contributed by atoms with Crippen LogP contribution in [-0.4, -0.2) is 66.4 Å². The van der Waals surface area contributed by atoms with Crippen molar-refractivity contribution in [2.75, 3.05) is 23.1 Å². The second kappa shape index (κ2) is 20.3. The summed E-state index contributed by atoms with van der Waals surface area (Å²) >= 11 is 19.6. The molecule has 4 N–H and O–H groups in total. The number of hydrogen-bond donors (Lipinski definition) is 4. The van der Waals surface area contributed by atoms with Crippen LogP contribution in [0.15, 0.2) is 78.8 Å². The first kappa shape index (κ1) is 40.9. The van der Waals surface area contributed by atoms with Crippen LogP contribution >= 0.6 is 67.5 Å². The Morgan fingerprint density at radius 2 is 1.18 bits per heavy atom. The number of aromatic nitrogens is 12. The molecule has 18 nitrogen and oxygen atoms in total. The van der Waals surface area contributed by atoms with Crippen molar-refractivity contribution in [3.05, 3.63) is 89.5 Å². The van der Waals surface area contributed by atoms with Crippen LogP contribution in [0.25, 0.3) is 0 Å². The average molecular weight is 840 g/mol. The zero-order chi connectivity index (χ0) is 35.1. The number of rotatable bonds is 7. The Hall–Kier alpha value is -4.26. The molecule has 6 aromatic heterocycles. The molecule has 0 spiro atoms. The van der Waals surface area contributed by atoms with Gasteiger partial charge in [0.1, 0.15) is 5.15 Å². The van der Waals surface area contributed by atoms with Crippen molar-refractivity contribution in [2.45, 2.75) is 0 Å². The van der Waals surface area contributed by atoms with Gasteiger partial charge in [-0.05, 0) is 39.8 Å². The fourth-order valence-electron chi connectivity index (χ4n) is 3.20. The first-order valence-electron chi connectivity index (χ1n) is 13.1. The molecule has 0 fully saturated rings. The van der Waals surface area contributed by atoms with E-state index >= 15 is 0 Å². The number of nitrogens with one attached hydrogen (secondary N) is 4. The first-order valence-corrected chi connectivity index (χ1v) is 17.9. The van der Waals surface area contributed by atoms with E-state index in [2.05, 4.69) is 94.9 Å². The molecule has 0 radical (unpaired) electrons. The third-order valence-electron chi connectivity index (χ3n) is 5.02. The molecule has 0 aliphatic heterocycles. The predicted molar refractivity (Wildman–Crippen MR) is 195 cm³/mol. The summed E-state index contributed by atoms with van der Waals surface area (Å²) in [4.78, 5) is 33.6. The second-order valence-corrected chi connectivity index (χ2v) is 15.9. The van der Waals surface area contributed by atoms with Gasteiger partial charge in [-0.2, -0.15) is 20.3 Å².